The first-order chi connectivity index (χ1) is 29.8. The van der Waals surface area contributed by atoms with E-state index in [9.17, 15) is 14.7 Å². The Morgan fingerprint density at radius 1 is 0.790 bits per heavy atom. The van der Waals surface area contributed by atoms with Crippen LogP contribution in [-0.2, 0) is 57.4 Å². The topological polar surface area (TPSA) is 159 Å². The summed E-state index contributed by atoms with van der Waals surface area (Å²) < 4.78 is 6.27. The largest absolute Gasteiger partial charge is 0.366 e. The van der Waals surface area contributed by atoms with Crippen molar-refractivity contribution < 1.29 is 19.4 Å². The Balaban J connectivity index is 0.900. The van der Waals surface area contributed by atoms with Gasteiger partial charge in [0.1, 0.15) is 11.4 Å². The molecule has 0 bridgehead atoms. The number of hydrogen-bond donors (Lipinski definition) is 5. The van der Waals surface area contributed by atoms with Crippen molar-refractivity contribution in [3.63, 3.8) is 0 Å². The number of fused-ring (bicyclic) bond motifs is 12. The number of ether oxygens (including phenoxy) is 1. The number of aliphatic hydroxyl groups excluding tert-OH is 1. The van der Waals surface area contributed by atoms with E-state index in [1.54, 1.807) is 4.90 Å². The van der Waals surface area contributed by atoms with Gasteiger partial charge in [-0.1, -0.05) is 29.8 Å². The highest BCUT2D eigenvalue weighted by atomic mass is 35.5. The Kier molecular flexibility index (Phi) is 8.79. The summed E-state index contributed by atoms with van der Waals surface area (Å²) in [6.07, 6.45) is 4.67. The maximum absolute atomic E-state index is 14.8. The Morgan fingerprint density at radius 2 is 1.35 bits per heavy atom. The molecule has 0 saturated heterocycles. The molecule has 4 aliphatic rings. The predicted octanol–water partition coefficient (Wildman–Crippen LogP) is 8.92. The number of carbonyl (C=O) groups is 2. The van der Waals surface area contributed by atoms with Gasteiger partial charge in [0.25, 0.3) is 0 Å². The van der Waals surface area contributed by atoms with E-state index in [1.165, 1.54) is 22.3 Å². The number of rotatable bonds is 8. The molecule has 3 atom stereocenters. The molecule has 6 heterocycles. The molecule has 5 N–H and O–H groups in total. The lowest BCUT2D eigenvalue weighted by molar-refractivity contribution is -0.134. The van der Waals surface area contributed by atoms with Crippen LogP contribution in [0.25, 0.3) is 44.6 Å². The fourth-order valence-corrected chi connectivity index (χ4v) is 11.2. The van der Waals surface area contributed by atoms with Gasteiger partial charge in [0.05, 0.1) is 41.4 Å². The summed E-state index contributed by atoms with van der Waals surface area (Å²) in [6.45, 7) is 12.2. The summed E-state index contributed by atoms with van der Waals surface area (Å²) in [5.41, 5.74) is 15.5. The monoisotopic (exact) mass is 850 g/mol. The van der Waals surface area contributed by atoms with Gasteiger partial charge in [-0.3, -0.25) is 19.8 Å². The number of nitrogens with one attached hydrogen (secondary N) is 4. The first-order valence-corrected chi connectivity index (χ1v) is 22.3. The number of carbonyl (C=O) groups excluding carboxylic acids is 2. The molecule has 2 aliphatic heterocycles. The van der Waals surface area contributed by atoms with Crippen LogP contribution in [0.3, 0.4) is 0 Å². The molecule has 0 spiro atoms. The normalized spacial score (nSPS) is 19.9. The minimum Gasteiger partial charge on any atom is -0.366 e. The summed E-state index contributed by atoms with van der Waals surface area (Å²) in [6, 6.07) is 15.4. The lowest BCUT2D eigenvalue weighted by Crippen LogP contribution is -2.48. The number of benzene rings is 3. The number of aromatic amines is 4. The van der Waals surface area contributed by atoms with Gasteiger partial charge in [0.15, 0.2) is 6.29 Å². The molecule has 4 aromatic heterocycles. The zero-order valence-electron chi connectivity index (χ0n) is 36.0. The van der Waals surface area contributed by atoms with Crippen LogP contribution < -0.4 is 9.80 Å². The number of aryl methyl sites for hydroxylation is 4. The molecule has 13 heteroatoms. The number of amides is 2. The van der Waals surface area contributed by atoms with Crippen LogP contribution in [0.4, 0.5) is 11.4 Å². The molecule has 7 aromatic rings. The van der Waals surface area contributed by atoms with E-state index in [0.29, 0.717) is 18.0 Å². The summed E-state index contributed by atoms with van der Waals surface area (Å²) in [5, 5.41) is 30.3. The van der Waals surface area contributed by atoms with Crippen LogP contribution in [-0.4, -0.2) is 66.2 Å². The van der Waals surface area contributed by atoms with Gasteiger partial charge >= 0.3 is 0 Å². The highest BCUT2D eigenvalue weighted by Gasteiger charge is 2.50. The third kappa shape index (κ3) is 5.58. The Bertz CT molecular complexity index is 3020. The molecule has 62 heavy (non-hydrogen) atoms. The zero-order chi connectivity index (χ0) is 43.0. The smallest absolute Gasteiger partial charge is 0.237 e. The van der Waals surface area contributed by atoms with Gasteiger partial charge in [0, 0.05) is 60.7 Å². The maximum Gasteiger partial charge on any atom is 0.237 e. The minimum atomic E-state index is -1.32. The third-order valence-corrected chi connectivity index (χ3v) is 15.0. The van der Waals surface area contributed by atoms with Crippen molar-refractivity contribution in [2.24, 2.45) is 0 Å². The second-order valence-corrected chi connectivity index (χ2v) is 19.1. The first-order valence-electron chi connectivity index (χ1n) is 21.9. The summed E-state index contributed by atoms with van der Waals surface area (Å²) >= 11 is 6.70. The molecule has 318 valence electrons. The van der Waals surface area contributed by atoms with Crippen molar-refractivity contribution in [2.45, 2.75) is 116 Å². The van der Waals surface area contributed by atoms with Gasteiger partial charge < -0.3 is 29.6 Å². The van der Waals surface area contributed by atoms with Gasteiger partial charge in [-0.2, -0.15) is 10.2 Å². The summed E-state index contributed by atoms with van der Waals surface area (Å²) in [5.74, 6) is -0.154. The molecule has 0 saturated carbocycles. The molecular weight excluding hydrogens is 800 g/mol. The van der Waals surface area contributed by atoms with Crippen LogP contribution in [0.15, 0.2) is 48.5 Å². The molecule has 0 fully saturated rings. The van der Waals surface area contributed by atoms with Gasteiger partial charge in [-0.15, -0.1) is 0 Å². The van der Waals surface area contributed by atoms with Gasteiger partial charge in [0.2, 0.25) is 11.8 Å². The van der Waals surface area contributed by atoms with E-state index in [4.69, 9.17) is 21.4 Å². The van der Waals surface area contributed by atoms with Crippen molar-refractivity contribution >= 4 is 56.6 Å². The van der Waals surface area contributed by atoms with Crippen LogP contribution in [0.2, 0.25) is 5.02 Å². The second-order valence-electron chi connectivity index (χ2n) is 18.7. The van der Waals surface area contributed by atoms with Crippen LogP contribution in [0, 0.1) is 13.8 Å². The lowest BCUT2D eigenvalue weighted by atomic mass is 9.80. The fraction of sp³-hybridized carbons (Fsp3) is 0.388. The number of H-pyrrole nitrogens is 4. The van der Waals surface area contributed by atoms with E-state index < -0.39 is 23.2 Å². The highest BCUT2D eigenvalue weighted by molar-refractivity contribution is 6.31. The summed E-state index contributed by atoms with van der Waals surface area (Å²) in [4.78, 5) is 40.1. The SMILES string of the molecule is Cc1[nH]nc2c1CCCc1c-2[nH]c2cc3c(cc12)N(Cc1ccccc1Cl)C(=O)C3(C)CCOC(O)C(C)N1C(=O)C(C)(C)c2cc3[nH]c4c(c3cc21)CCCc1c-4n[nH]c1C. The van der Waals surface area contributed by atoms with Crippen LogP contribution in [0.1, 0.15) is 97.3 Å². The quantitative estimate of drug-likeness (QED) is 0.0961. The number of anilines is 2. The average Bonchev–Trinajstić information content (AvgIpc) is 4.02. The Labute approximate surface area is 364 Å². The molecular formula is C49H51ClN8O4. The number of hydrogen-bond acceptors (Lipinski definition) is 6. The van der Waals surface area contributed by atoms with E-state index in [1.807, 2.05) is 56.9 Å². The average molecular weight is 851 g/mol. The molecule has 2 aliphatic carbocycles. The number of nitrogens with zero attached hydrogens (tertiary/aromatic N) is 4. The Hall–Kier alpha value is -5.69. The Morgan fingerprint density at radius 3 is 1.97 bits per heavy atom. The summed E-state index contributed by atoms with van der Waals surface area (Å²) in [7, 11) is 0. The molecule has 0 radical (unpaired) electrons. The van der Waals surface area contributed by atoms with E-state index in [2.05, 4.69) is 63.4 Å². The van der Waals surface area contributed by atoms with Crippen molar-refractivity contribution in [2.75, 3.05) is 16.4 Å². The van der Waals surface area contributed by atoms with Gasteiger partial charge in [-0.25, -0.2) is 0 Å². The standard InChI is InChI=1S/C49H51ClN8O4/c1-24-28-12-9-14-30-32-19-39-35(22-38(32)52-41(30)43(28)55-53-24)49(6,47(61)57(39)23-27-11-7-8-16-36(27)50)17-18-62-45(59)26(3)58-40-20-33-31-15-10-13-29-25(2)54-56-44(29)42(31)51-37(33)21-34(40)48(4,5)46(58)60/h7-8,11,16,19-22,26,45,51-52,59H,9-10,12-15,17-18,23H2,1-6H3,(H,53,55)(H,54,56). The predicted molar refractivity (Wildman–Crippen MR) is 242 cm³/mol. The number of aromatic nitrogens is 6. The van der Waals surface area contributed by atoms with Crippen molar-refractivity contribution in [3.05, 3.63) is 104 Å². The number of halogens is 1. The van der Waals surface area contributed by atoms with Crippen molar-refractivity contribution in [3.8, 4) is 22.8 Å². The molecule has 11 rings (SSSR count). The second kappa shape index (κ2) is 13.9. The molecule has 12 nitrogen and oxygen atoms in total. The van der Waals surface area contributed by atoms with Crippen LogP contribution >= 0.6 is 11.6 Å². The van der Waals surface area contributed by atoms with E-state index >= 15 is 0 Å². The highest BCUT2D eigenvalue weighted by Crippen LogP contribution is 2.50. The lowest BCUT2D eigenvalue weighted by Gasteiger charge is -2.31. The van der Waals surface area contributed by atoms with Gasteiger partial charge in [-0.05, 0) is 145 Å². The minimum absolute atomic E-state index is 0.0558. The molecule has 2 amide bonds. The van der Waals surface area contributed by atoms with E-state index in [-0.39, 0.29) is 18.4 Å². The van der Waals surface area contributed by atoms with E-state index in [0.717, 1.165) is 123 Å². The number of aliphatic hydroxyl groups is 1. The molecule has 3 unspecified atom stereocenters. The van der Waals surface area contributed by atoms with Crippen molar-refractivity contribution in [1.82, 2.24) is 30.4 Å². The zero-order valence-corrected chi connectivity index (χ0v) is 36.7. The third-order valence-electron chi connectivity index (χ3n) is 14.7. The van der Waals surface area contributed by atoms with Crippen molar-refractivity contribution in [1.29, 1.82) is 0 Å². The van der Waals surface area contributed by atoms with Crippen LogP contribution in [0.5, 0.6) is 0 Å². The maximum atomic E-state index is 14.8. The first kappa shape index (κ1) is 39.2. The fourth-order valence-electron chi connectivity index (χ4n) is 11.0. The molecule has 3 aromatic carbocycles.